The van der Waals surface area contributed by atoms with Crippen LogP contribution < -0.4 is 5.32 Å². The van der Waals surface area contributed by atoms with E-state index >= 15 is 0 Å². The van der Waals surface area contributed by atoms with Crippen molar-refractivity contribution in [1.29, 1.82) is 0 Å². The first-order valence-corrected chi connectivity index (χ1v) is 7.06. The van der Waals surface area contributed by atoms with Crippen LogP contribution in [-0.2, 0) is 24.9 Å². The summed E-state index contributed by atoms with van der Waals surface area (Å²) in [6.45, 7) is 7.69. The van der Waals surface area contributed by atoms with Crippen LogP contribution in [0, 0.1) is 0 Å². The predicted molar refractivity (Wildman–Crippen MR) is 76.1 cm³/mol. The van der Waals surface area contributed by atoms with Gasteiger partial charge in [-0.2, -0.15) is 0 Å². The largest absolute Gasteiger partial charge is 0.329 e. The van der Waals surface area contributed by atoms with E-state index in [2.05, 4.69) is 48.0 Å². The SMILES string of the molecule is CC1(C)Cc2c(nc3n2CCNC3)-c2ccccc21. The molecular weight excluding hydrogens is 234 g/mol. The molecule has 0 saturated carbocycles. The minimum Gasteiger partial charge on any atom is -0.329 e. The molecule has 3 nitrogen and oxygen atoms in total. The van der Waals surface area contributed by atoms with Gasteiger partial charge in [-0.05, 0) is 17.4 Å². The fourth-order valence-electron chi connectivity index (χ4n) is 3.52. The van der Waals surface area contributed by atoms with Gasteiger partial charge in [0, 0.05) is 24.3 Å². The Hall–Kier alpha value is -1.61. The quantitative estimate of drug-likeness (QED) is 0.781. The number of nitrogens with one attached hydrogen (secondary N) is 1. The maximum Gasteiger partial charge on any atom is 0.123 e. The third-order valence-electron chi connectivity index (χ3n) is 4.47. The second-order valence-electron chi connectivity index (χ2n) is 6.26. The molecule has 1 N–H and O–H groups in total. The summed E-state index contributed by atoms with van der Waals surface area (Å²) in [6.07, 6.45) is 1.09. The molecule has 0 amide bonds. The fourth-order valence-corrected chi connectivity index (χ4v) is 3.52. The van der Waals surface area contributed by atoms with Gasteiger partial charge in [0.15, 0.2) is 0 Å². The van der Waals surface area contributed by atoms with E-state index < -0.39 is 0 Å². The van der Waals surface area contributed by atoms with Crippen molar-refractivity contribution < 1.29 is 0 Å². The van der Waals surface area contributed by atoms with Crippen LogP contribution in [-0.4, -0.2) is 16.1 Å². The Morgan fingerprint density at radius 1 is 1.26 bits per heavy atom. The van der Waals surface area contributed by atoms with E-state index in [0.29, 0.717) is 0 Å². The summed E-state index contributed by atoms with van der Waals surface area (Å²) in [5, 5.41) is 3.41. The van der Waals surface area contributed by atoms with Crippen LogP contribution in [0.3, 0.4) is 0 Å². The number of imidazole rings is 1. The van der Waals surface area contributed by atoms with Crippen LogP contribution >= 0.6 is 0 Å². The Kier molecular flexibility index (Phi) is 2.19. The Bertz CT molecular complexity index is 652. The molecule has 1 aromatic heterocycles. The monoisotopic (exact) mass is 253 g/mol. The standard InChI is InChI=1S/C16H19N3/c1-16(2)9-13-15(11-5-3-4-6-12(11)16)18-14-10-17-7-8-19(13)14/h3-6,17H,7-10H2,1-2H3. The number of hydrogen-bond donors (Lipinski definition) is 1. The van der Waals surface area contributed by atoms with Crippen molar-refractivity contribution in [1.82, 2.24) is 14.9 Å². The second-order valence-corrected chi connectivity index (χ2v) is 6.26. The average Bonchev–Trinajstić information content (AvgIpc) is 2.77. The molecule has 0 atom stereocenters. The van der Waals surface area contributed by atoms with Crippen molar-refractivity contribution in [3.8, 4) is 11.3 Å². The fraction of sp³-hybridized carbons (Fsp3) is 0.438. The van der Waals surface area contributed by atoms with Crippen LogP contribution in [0.5, 0.6) is 0 Å². The maximum atomic E-state index is 4.90. The molecule has 1 aliphatic heterocycles. The van der Waals surface area contributed by atoms with Gasteiger partial charge in [0.2, 0.25) is 0 Å². The van der Waals surface area contributed by atoms with Crippen molar-refractivity contribution in [3.05, 3.63) is 41.3 Å². The number of rotatable bonds is 0. The molecule has 19 heavy (non-hydrogen) atoms. The van der Waals surface area contributed by atoms with Gasteiger partial charge in [0.1, 0.15) is 5.82 Å². The van der Waals surface area contributed by atoms with E-state index in [1.807, 2.05) is 0 Å². The Balaban J connectivity index is 2.00. The minimum absolute atomic E-state index is 0.200. The molecule has 1 aliphatic carbocycles. The highest BCUT2D eigenvalue weighted by molar-refractivity contribution is 5.71. The van der Waals surface area contributed by atoms with E-state index in [9.17, 15) is 0 Å². The number of fused-ring (bicyclic) bond motifs is 5. The summed E-state index contributed by atoms with van der Waals surface area (Å²) >= 11 is 0. The van der Waals surface area contributed by atoms with Crippen LogP contribution in [0.4, 0.5) is 0 Å². The molecule has 0 saturated heterocycles. The Labute approximate surface area is 113 Å². The lowest BCUT2D eigenvalue weighted by molar-refractivity contribution is 0.457. The molecule has 0 spiro atoms. The highest BCUT2D eigenvalue weighted by Gasteiger charge is 2.35. The van der Waals surface area contributed by atoms with Gasteiger partial charge in [-0.3, -0.25) is 0 Å². The van der Waals surface area contributed by atoms with Gasteiger partial charge in [-0.15, -0.1) is 0 Å². The lowest BCUT2D eigenvalue weighted by Gasteiger charge is -2.33. The summed E-state index contributed by atoms with van der Waals surface area (Å²) in [5.74, 6) is 1.20. The smallest absolute Gasteiger partial charge is 0.123 e. The zero-order valence-electron chi connectivity index (χ0n) is 11.5. The van der Waals surface area contributed by atoms with Gasteiger partial charge in [0.05, 0.1) is 12.2 Å². The molecule has 1 aromatic carbocycles. The lowest BCUT2D eigenvalue weighted by Crippen LogP contribution is -2.31. The molecule has 98 valence electrons. The molecule has 4 rings (SSSR count). The first-order chi connectivity index (χ1) is 9.17. The van der Waals surface area contributed by atoms with Crippen LogP contribution in [0.15, 0.2) is 24.3 Å². The number of aromatic nitrogens is 2. The van der Waals surface area contributed by atoms with E-state index in [1.54, 1.807) is 0 Å². The van der Waals surface area contributed by atoms with Crippen LogP contribution in [0.25, 0.3) is 11.3 Å². The summed E-state index contributed by atoms with van der Waals surface area (Å²) < 4.78 is 2.43. The van der Waals surface area contributed by atoms with Crippen molar-refractivity contribution in [3.63, 3.8) is 0 Å². The van der Waals surface area contributed by atoms with Gasteiger partial charge in [-0.25, -0.2) is 4.98 Å². The third-order valence-corrected chi connectivity index (χ3v) is 4.47. The molecular formula is C16H19N3. The summed E-state index contributed by atoms with van der Waals surface area (Å²) in [7, 11) is 0. The highest BCUT2D eigenvalue weighted by atomic mass is 15.2. The zero-order chi connectivity index (χ0) is 13.0. The van der Waals surface area contributed by atoms with Crippen LogP contribution in [0.1, 0.15) is 30.9 Å². The van der Waals surface area contributed by atoms with Gasteiger partial charge in [0.25, 0.3) is 0 Å². The van der Waals surface area contributed by atoms with Crippen LogP contribution in [0.2, 0.25) is 0 Å². The molecule has 2 aromatic rings. The van der Waals surface area contributed by atoms with Crippen molar-refractivity contribution >= 4 is 0 Å². The second kappa shape index (κ2) is 3.70. The molecule has 0 unspecified atom stereocenters. The number of benzene rings is 1. The Morgan fingerprint density at radius 2 is 2.11 bits per heavy atom. The van der Waals surface area contributed by atoms with E-state index in [4.69, 9.17) is 4.98 Å². The third kappa shape index (κ3) is 1.51. The predicted octanol–water partition coefficient (Wildman–Crippen LogP) is 2.49. The van der Waals surface area contributed by atoms with Crippen molar-refractivity contribution in [2.24, 2.45) is 0 Å². The van der Waals surface area contributed by atoms with Gasteiger partial charge < -0.3 is 9.88 Å². The first-order valence-electron chi connectivity index (χ1n) is 7.06. The maximum absolute atomic E-state index is 4.90. The lowest BCUT2D eigenvalue weighted by atomic mass is 9.73. The van der Waals surface area contributed by atoms with Crippen molar-refractivity contribution in [2.75, 3.05) is 6.54 Å². The van der Waals surface area contributed by atoms with Gasteiger partial charge >= 0.3 is 0 Å². The highest BCUT2D eigenvalue weighted by Crippen LogP contribution is 2.42. The first kappa shape index (κ1) is 11.2. The summed E-state index contributed by atoms with van der Waals surface area (Å²) in [4.78, 5) is 4.90. The molecule has 3 heteroatoms. The topological polar surface area (TPSA) is 29.9 Å². The number of nitrogens with zero attached hydrogens (tertiary/aromatic N) is 2. The summed E-state index contributed by atoms with van der Waals surface area (Å²) in [6, 6.07) is 8.75. The normalized spacial score (nSPS) is 19.5. The zero-order valence-corrected chi connectivity index (χ0v) is 11.5. The van der Waals surface area contributed by atoms with Gasteiger partial charge in [-0.1, -0.05) is 38.1 Å². The van der Waals surface area contributed by atoms with E-state index in [-0.39, 0.29) is 5.41 Å². The molecule has 0 fully saturated rings. The molecule has 2 aliphatic rings. The minimum atomic E-state index is 0.200. The molecule has 2 heterocycles. The Morgan fingerprint density at radius 3 is 3.00 bits per heavy atom. The summed E-state index contributed by atoms with van der Waals surface area (Å²) in [5.41, 5.74) is 5.61. The molecule has 0 radical (unpaired) electrons. The van der Waals surface area contributed by atoms with E-state index in [1.165, 1.54) is 28.3 Å². The van der Waals surface area contributed by atoms with Crippen molar-refractivity contribution in [2.45, 2.75) is 38.8 Å². The number of hydrogen-bond acceptors (Lipinski definition) is 2. The molecule has 0 bridgehead atoms. The average molecular weight is 253 g/mol. The van der Waals surface area contributed by atoms with E-state index in [0.717, 1.165) is 26.1 Å².